The molecule has 3 rings (SSSR count). The van der Waals surface area contributed by atoms with E-state index < -0.39 is 0 Å². The summed E-state index contributed by atoms with van der Waals surface area (Å²) >= 11 is 0. The molecule has 1 unspecified atom stereocenters. The molecule has 0 fully saturated rings. The lowest BCUT2D eigenvalue weighted by Gasteiger charge is -2.21. The topological polar surface area (TPSA) is 34.1 Å². The van der Waals surface area contributed by atoms with E-state index in [4.69, 9.17) is 4.74 Å². The fourth-order valence-electron chi connectivity index (χ4n) is 2.92. The molecule has 1 aromatic carbocycles. The number of hydrogen-bond acceptors (Lipinski definition) is 3. The monoisotopic (exact) mass is 268 g/mol. The van der Waals surface area contributed by atoms with E-state index in [0.29, 0.717) is 11.9 Å². The van der Waals surface area contributed by atoms with E-state index in [2.05, 4.69) is 34.6 Å². The van der Waals surface area contributed by atoms with Crippen LogP contribution in [0.1, 0.15) is 36.4 Å². The third-order valence-corrected chi connectivity index (χ3v) is 3.91. The maximum atomic E-state index is 5.33. The van der Waals surface area contributed by atoms with Gasteiger partial charge in [-0.3, -0.25) is 0 Å². The molecule has 0 radical (unpaired) electrons. The lowest BCUT2D eigenvalue weighted by atomic mass is 9.99. The fraction of sp³-hybridized carbons (Fsp3) is 0.353. The highest BCUT2D eigenvalue weighted by molar-refractivity contribution is 5.54. The second-order valence-electron chi connectivity index (χ2n) is 5.20. The first-order valence-electron chi connectivity index (χ1n) is 7.22. The molecular weight excluding hydrogens is 248 g/mol. The molecule has 104 valence electrons. The van der Waals surface area contributed by atoms with E-state index in [9.17, 15) is 0 Å². The lowest BCUT2D eigenvalue weighted by Crippen LogP contribution is -2.12. The van der Waals surface area contributed by atoms with Gasteiger partial charge in [-0.05, 0) is 42.5 Å². The van der Waals surface area contributed by atoms with Crippen LogP contribution in [0.5, 0.6) is 5.88 Å². The van der Waals surface area contributed by atoms with Gasteiger partial charge in [-0.25, -0.2) is 4.98 Å². The smallest absolute Gasteiger partial charge is 0.237 e. The van der Waals surface area contributed by atoms with Gasteiger partial charge >= 0.3 is 0 Å². The first kappa shape index (κ1) is 13.0. The Balaban J connectivity index is 1.90. The predicted molar refractivity (Wildman–Crippen MR) is 81.1 cm³/mol. The van der Waals surface area contributed by atoms with Crippen LogP contribution in [0.3, 0.4) is 0 Å². The normalized spacial score (nSPS) is 17.9. The number of aryl methyl sites for hydroxylation is 1. The van der Waals surface area contributed by atoms with E-state index in [0.717, 1.165) is 12.1 Å². The van der Waals surface area contributed by atoms with Gasteiger partial charge in [0, 0.05) is 6.20 Å². The number of anilines is 1. The van der Waals surface area contributed by atoms with Crippen molar-refractivity contribution >= 4 is 5.69 Å². The van der Waals surface area contributed by atoms with Crippen LogP contribution in [-0.2, 0) is 6.42 Å². The third kappa shape index (κ3) is 2.62. The van der Waals surface area contributed by atoms with Crippen LogP contribution >= 0.6 is 0 Å². The molecule has 1 aromatic heterocycles. The Kier molecular flexibility index (Phi) is 3.86. The molecule has 3 nitrogen and oxygen atoms in total. The van der Waals surface area contributed by atoms with Crippen LogP contribution in [0.25, 0.3) is 0 Å². The summed E-state index contributed by atoms with van der Waals surface area (Å²) in [5.41, 5.74) is 3.85. The quantitative estimate of drug-likeness (QED) is 0.855. The van der Waals surface area contributed by atoms with Gasteiger partial charge in [-0.1, -0.05) is 30.7 Å². The highest BCUT2D eigenvalue weighted by Crippen LogP contribution is 2.33. The molecule has 1 N–H and O–H groups in total. The summed E-state index contributed by atoms with van der Waals surface area (Å²) in [5, 5.41) is 3.61. The predicted octanol–water partition coefficient (Wildman–Crippen LogP) is 3.97. The molecule has 1 atom stereocenters. The summed E-state index contributed by atoms with van der Waals surface area (Å²) in [4.78, 5) is 4.26. The first-order valence-corrected chi connectivity index (χ1v) is 7.22. The molecule has 20 heavy (non-hydrogen) atoms. The minimum absolute atomic E-state index is 0.340. The van der Waals surface area contributed by atoms with Crippen LogP contribution in [0.4, 0.5) is 5.69 Å². The molecule has 0 amide bonds. The van der Waals surface area contributed by atoms with Crippen LogP contribution in [0, 0.1) is 0 Å². The van der Waals surface area contributed by atoms with Crippen molar-refractivity contribution in [2.75, 3.05) is 12.4 Å². The Labute approximate surface area is 120 Å². The number of fused-ring (bicyclic) bond motifs is 1. The average molecular weight is 268 g/mol. The fourth-order valence-corrected chi connectivity index (χ4v) is 2.92. The second-order valence-corrected chi connectivity index (χ2v) is 5.20. The maximum Gasteiger partial charge on any atom is 0.237 e. The van der Waals surface area contributed by atoms with Crippen LogP contribution in [-0.4, -0.2) is 12.1 Å². The molecule has 0 aliphatic heterocycles. The lowest BCUT2D eigenvalue weighted by molar-refractivity contribution is 0.399. The minimum atomic E-state index is 0.340. The molecule has 0 saturated carbocycles. The zero-order chi connectivity index (χ0) is 13.8. The summed E-state index contributed by atoms with van der Waals surface area (Å²) < 4.78 is 5.33. The van der Waals surface area contributed by atoms with Gasteiger partial charge in [0.25, 0.3) is 0 Å². The Morgan fingerprint density at radius 1 is 1.15 bits per heavy atom. The summed E-state index contributed by atoms with van der Waals surface area (Å²) in [6.45, 7) is 0. The number of benzene rings is 1. The summed E-state index contributed by atoms with van der Waals surface area (Å²) in [6.07, 6.45) is 6.59. The van der Waals surface area contributed by atoms with Crippen LogP contribution in [0.2, 0.25) is 0 Å². The van der Waals surface area contributed by atoms with Crippen molar-refractivity contribution in [3.05, 3.63) is 53.7 Å². The summed E-state index contributed by atoms with van der Waals surface area (Å²) in [6, 6.07) is 13.0. The standard InChI is InChI=1S/C17H20N2O/c1-20-17-16(11-6-12-18-17)19-15-10-5-3-8-13-7-2-4-9-14(13)15/h2,4,6-7,9,11-12,15,19H,3,5,8,10H2,1H3. The van der Waals surface area contributed by atoms with Gasteiger partial charge in [0.2, 0.25) is 5.88 Å². The number of hydrogen-bond donors (Lipinski definition) is 1. The summed E-state index contributed by atoms with van der Waals surface area (Å²) in [5.74, 6) is 0.661. The van der Waals surface area contributed by atoms with Crippen molar-refractivity contribution in [2.45, 2.75) is 31.7 Å². The van der Waals surface area contributed by atoms with Crippen LogP contribution in [0.15, 0.2) is 42.6 Å². The number of rotatable bonds is 3. The van der Waals surface area contributed by atoms with E-state index in [1.54, 1.807) is 13.3 Å². The minimum Gasteiger partial charge on any atom is -0.480 e. The number of pyridine rings is 1. The average Bonchev–Trinajstić information content (AvgIpc) is 2.71. The zero-order valence-electron chi connectivity index (χ0n) is 11.8. The highest BCUT2D eigenvalue weighted by atomic mass is 16.5. The van der Waals surface area contributed by atoms with Crippen molar-refractivity contribution < 1.29 is 4.74 Å². The van der Waals surface area contributed by atoms with Gasteiger partial charge in [-0.2, -0.15) is 0 Å². The Bertz CT molecular complexity index is 583. The van der Waals surface area contributed by atoms with Crippen molar-refractivity contribution in [1.29, 1.82) is 0 Å². The van der Waals surface area contributed by atoms with Crippen molar-refractivity contribution in [1.82, 2.24) is 4.98 Å². The Morgan fingerprint density at radius 2 is 2.05 bits per heavy atom. The van der Waals surface area contributed by atoms with Gasteiger partial charge in [0.15, 0.2) is 0 Å². The number of methoxy groups -OCH3 is 1. The van der Waals surface area contributed by atoms with Crippen LogP contribution < -0.4 is 10.1 Å². The zero-order valence-corrected chi connectivity index (χ0v) is 11.8. The molecule has 1 aliphatic rings. The Morgan fingerprint density at radius 3 is 2.95 bits per heavy atom. The highest BCUT2D eigenvalue weighted by Gasteiger charge is 2.19. The number of nitrogens with zero attached hydrogens (tertiary/aromatic N) is 1. The second kappa shape index (κ2) is 5.95. The molecule has 2 aromatic rings. The van der Waals surface area contributed by atoms with E-state index in [1.807, 2.05) is 12.1 Å². The molecule has 3 heteroatoms. The molecule has 0 saturated heterocycles. The van der Waals surface area contributed by atoms with Gasteiger partial charge < -0.3 is 10.1 Å². The summed E-state index contributed by atoms with van der Waals surface area (Å²) in [7, 11) is 1.66. The maximum absolute atomic E-state index is 5.33. The van der Waals surface area contributed by atoms with Crippen molar-refractivity contribution in [2.24, 2.45) is 0 Å². The van der Waals surface area contributed by atoms with Crippen molar-refractivity contribution in [3.63, 3.8) is 0 Å². The number of ether oxygens (including phenoxy) is 1. The number of nitrogens with one attached hydrogen (secondary N) is 1. The molecule has 1 aliphatic carbocycles. The third-order valence-electron chi connectivity index (χ3n) is 3.91. The molecule has 0 bridgehead atoms. The van der Waals surface area contributed by atoms with E-state index in [1.165, 1.54) is 30.4 Å². The Hall–Kier alpha value is -2.03. The van der Waals surface area contributed by atoms with Gasteiger partial charge in [0.1, 0.15) is 0 Å². The largest absolute Gasteiger partial charge is 0.480 e. The molecular formula is C17H20N2O. The van der Waals surface area contributed by atoms with Crippen molar-refractivity contribution in [3.8, 4) is 5.88 Å². The van der Waals surface area contributed by atoms with Gasteiger partial charge in [-0.15, -0.1) is 0 Å². The van der Waals surface area contributed by atoms with E-state index in [-0.39, 0.29) is 0 Å². The molecule has 0 spiro atoms. The number of aromatic nitrogens is 1. The molecule has 1 heterocycles. The first-order chi connectivity index (χ1) is 9.88. The van der Waals surface area contributed by atoms with E-state index >= 15 is 0 Å². The van der Waals surface area contributed by atoms with Gasteiger partial charge in [0.05, 0.1) is 18.8 Å². The SMILES string of the molecule is COc1ncccc1NC1CCCCc2ccccc21.